The summed E-state index contributed by atoms with van der Waals surface area (Å²) in [5.41, 5.74) is 1.05. The van der Waals surface area contributed by atoms with Crippen molar-refractivity contribution in [1.82, 2.24) is 0 Å². The second kappa shape index (κ2) is 8.17. The molecule has 0 aliphatic heterocycles. The van der Waals surface area contributed by atoms with E-state index in [0.717, 1.165) is 5.56 Å². The number of benzene rings is 2. The lowest BCUT2D eigenvalue weighted by Crippen LogP contribution is -2.24. The first-order valence-corrected chi connectivity index (χ1v) is 8.97. The number of hydrogen-bond donors (Lipinski definition) is 0. The molecular weight excluding hydrogens is 360 g/mol. The van der Waals surface area contributed by atoms with Crippen LogP contribution in [0.4, 0.5) is 0 Å². The van der Waals surface area contributed by atoms with Crippen LogP contribution in [0.1, 0.15) is 32.3 Å². The summed E-state index contributed by atoms with van der Waals surface area (Å²) in [6.07, 6.45) is 0.513. The van der Waals surface area contributed by atoms with Crippen molar-refractivity contribution in [3.05, 3.63) is 64.5 Å². The quantitative estimate of drug-likeness (QED) is 0.578. The first-order valence-electron chi connectivity index (χ1n) is 8.97. The average Bonchev–Trinajstić information content (AvgIpc) is 2.69. The van der Waals surface area contributed by atoms with Gasteiger partial charge in [0.05, 0.1) is 12.5 Å². The van der Waals surface area contributed by atoms with Gasteiger partial charge in [-0.3, -0.25) is 4.79 Å². The molecule has 2 aromatic carbocycles. The molecular formula is C22H22O6. The number of rotatable bonds is 6. The highest BCUT2D eigenvalue weighted by molar-refractivity contribution is 5.79. The summed E-state index contributed by atoms with van der Waals surface area (Å²) in [5, 5.41) is 0.359. The van der Waals surface area contributed by atoms with Crippen LogP contribution < -0.4 is 14.9 Å². The number of ether oxygens (including phenoxy) is 3. The second-order valence-corrected chi connectivity index (χ2v) is 6.66. The molecule has 146 valence electrons. The molecule has 1 heterocycles. The van der Waals surface area contributed by atoms with E-state index in [1.165, 1.54) is 13.4 Å². The van der Waals surface area contributed by atoms with E-state index in [9.17, 15) is 9.59 Å². The first kappa shape index (κ1) is 19.5. The van der Waals surface area contributed by atoms with Crippen molar-refractivity contribution >= 4 is 16.9 Å². The molecule has 0 bridgehead atoms. The molecule has 0 N–H and O–H groups in total. The van der Waals surface area contributed by atoms with Gasteiger partial charge in [-0.05, 0) is 36.6 Å². The molecule has 1 aromatic heterocycles. The van der Waals surface area contributed by atoms with Crippen LogP contribution in [0.2, 0.25) is 0 Å². The topological polar surface area (TPSA) is 75.0 Å². The Morgan fingerprint density at radius 3 is 2.50 bits per heavy atom. The monoisotopic (exact) mass is 382 g/mol. The molecule has 0 radical (unpaired) electrons. The number of methoxy groups -OCH3 is 1. The zero-order chi connectivity index (χ0) is 20.3. The van der Waals surface area contributed by atoms with E-state index in [1.54, 1.807) is 25.1 Å². The number of fused-ring (bicyclic) bond motifs is 1. The predicted molar refractivity (Wildman–Crippen MR) is 105 cm³/mol. The molecule has 3 rings (SSSR count). The van der Waals surface area contributed by atoms with Gasteiger partial charge < -0.3 is 18.6 Å². The normalized spacial score (nSPS) is 12.0. The van der Waals surface area contributed by atoms with Gasteiger partial charge in [0, 0.05) is 6.07 Å². The molecule has 0 amide bonds. The smallest absolute Gasteiger partial charge is 0.346 e. The van der Waals surface area contributed by atoms with Crippen LogP contribution in [0.15, 0.2) is 57.9 Å². The van der Waals surface area contributed by atoms with Gasteiger partial charge in [-0.1, -0.05) is 32.0 Å². The molecule has 1 unspecified atom stereocenters. The van der Waals surface area contributed by atoms with E-state index < -0.39 is 12.1 Å². The third-order valence-corrected chi connectivity index (χ3v) is 4.32. The Bertz CT molecular complexity index is 1050. The van der Waals surface area contributed by atoms with Crippen molar-refractivity contribution in [3.8, 4) is 17.2 Å². The fourth-order valence-electron chi connectivity index (χ4n) is 2.82. The van der Waals surface area contributed by atoms with Gasteiger partial charge in [0.15, 0.2) is 6.10 Å². The number of carbonyl (C=O) groups is 1. The highest BCUT2D eigenvalue weighted by Gasteiger charge is 2.17. The van der Waals surface area contributed by atoms with Crippen molar-refractivity contribution < 1.29 is 23.4 Å². The fourth-order valence-corrected chi connectivity index (χ4v) is 2.82. The summed E-state index contributed by atoms with van der Waals surface area (Å²) in [6, 6.07) is 12.3. The van der Waals surface area contributed by atoms with Crippen LogP contribution in [0, 0.1) is 0 Å². The number of hydrogen-bond acceptors (Lipinski definition) is 6. The molecule has 3 aromatic rings. The Morgan fingerprint density at radius 1 is 1.04 bits per heavy atom. The SMILES string of the molecule is COC(=O)C(C)Oc1ccc2c(=O)c(Oc3ccccc3C(C)C)coc2c1. The molecule has 0 saturated carbocycles. The molecule has 28 heavy (non-hydrogen) atoms. The molecule has 1 atom stereocenters. The Hall–Kier alpha value is -3.28. The summed E-state index contributed by atoms with van der Waals surface area (Å²) < 4.78 is 21.6. The van der Waals surface area contributed by atoms with E-state index in [0.29, 0.717) is 22.5 Å². The van der Waals surface area contributed by atoms with Crippen LogP contribution in [0.25, 0.3) is 11.0 Å². The minimum Gasteiger partial charge on any atom is -0.479 e. The van der Waals surface area contributed by atoms with Crippen molar-refractivity contribution in [2.75, 3.05) is 7.11 Å². The Labute approximate surface area is 162 Å². The Kier molecular flexibility index (Phi) is 5.68. The molecule has 0 aliphatic carbocycles. The van der Waals surface area contributed by atoms with Crippen LogP contribution in [-0.2, 0) is 9.53 Å². The molecule has 0 fully saturated rings. The lowest BCUT2D eigenvalue weighted by molar-refractivity contribution is -0.147. The van der Waals surface area contributed by atoms with Crippen LogP contribution in [0.3, 0.4) is 0 Å². The third kappa shape index (κ3) is 4.01. The van der Waals surface area contributed by atoms with E-state index in [2.05, 4.69) is 18.6 Å². The van der Waals surface area contributed by atoms with Crippen LogP contribution >= 0.6 is 0 Å². The highest BCUT2D eigenvalue weighted by atomic mass is 16.6. The maximum atomic E-state index is 12.8. The highest BCUT2D eigenvalue weighted by Crippen LogP contribution is 2.30. The van der Waals surface area contributed by atoms with Crippen LogP contribution in [-0.4, -0.2) is 19.2 Å². The molecule has 0 aliphatic rings. The Balaban J connectivity index is 1.91. The van der Waals surface area contributed by atoms with E-state index in [1.807, 2.05) is 24.3 Å². The lowest BCUT2D eigenvalue weighted by atomic mass is 10.0. The maximum Gasteiger partial charge on any atom is 0.346 e. The molecule has 6 nitrogen and oxygen atoms in total. The largest absolute Gasteiger partial charge is 0.479 e. The number of para-hydroxylation sites is 1. The van der Waals surface area contributed by atoms with Gasteiger partial charge in [0.1, 0.15) is 23.3 Å². The van der Waals surface area contributed by atoms with Gasteiger partial charge in [-0.15, -0.1) is 0 Å². The van der Waals surface area contributed by atoms with Crippen molar-refractivity contribution in [3.63, 3.8) is 0 Å². The summed E-state index contributed by atoms with van der Waals surface area (Å²) in [4.78, 5) is 24.3. The van der Waals surface area contributed by atoms with Gasteiger partial charge in [-0.2, -0.15) is 0 Å². The Morgan fingerprint density at radius 2 is 1.79 bits per heavy atom. The standard InChI is InChI=1S/C22H22O6/c1-13(2)16-7-5-6-8-18(16)28-20-12-26-19-11-15(9-10-17(19)21(20)23)27-14(3)22(24)25-4/h5-14H,1-4H3. The van der Waals surface area contributed by atoms with Gasteiger partial charge in [-0.25, -0.2) is 4.79 Å². The van der Waals surface area contributed by atoms with Crippen molar-refractivity contribution in [1.29, 1.82) is 0 Å². The van der Waals surface area contributed by atoms with Crippen LogP contribution in [0.5, 0.6) is 17.2 Å². The lowest BCUT2D eigenvalue weighted by Gasteiger charge is -2.14. The van der Waals surface area contributed by atoms with E-state index >= 15 is 0 Å². The minimum atomic E-state index is -0.774. The average molecular weight is 382 g/mol. The summed E-state index contributed by atoms with van der Waals surface area (Å²) in [7, 11) is 1.29. The zero-order valence-electron chi connectivity index (χ0n) is 16.2. The fraction of sp³-hybridized carbons (Fsp3) is 0.273. The van der Waals surface area contributed by atoms with Gasteiger partial charge >= 0.3 is 5.97 Å². The molecule has 0 spiro atoms. The zero-order valence-corrected chi connectivity index (χ0v) is 16.2. The first-order chi connectivity index (χ1) is 13.4. The third-order valence-electron chi connectivity index (χ3n) is 4.32. The summed E-state index contributed by atoms with van der Waals surface area (Å²) in [6.45, 7) is 5.69. The van der Waals surface area contributed by atoms with E-state index in [4.69, 9.17) is 13.9 Å². The summed E-state index contributed by atoms with van der Waals surface area (Å²) >= 11 is 0. The summed E-state index contributed by atoms with van der Waals surface area (Å²) in [5.74, 6) is 0.884. The van der Waals surface area contributed by atoms with E-state index in [-0.39, 0.29) is 17.1 Å². The molecule has 0 saturated heterocycles. The van der Waals surface area contributed by atoms with Crippen molar-refractivity contribution in [2.45, 2.75) is 32.8 Å². The minimum absolute atomic E-state index is 0.109. The van der Waals surface area contributed by atoms with Gasteiger partial charge in [0.25, 0.3) is 0 Å². The van der Waals surface area contributed by atoms with Crippen molar-refractivity contribution in [2.24, 2.45) is 0 Å². The second-order valence-electron chi connectivity index (χ2n) is 6.66. The molecule has 6 heteroatoms. The van der Waals surface area contributed by atoms with Gasteiger partial charge in [0.2, 0.25) is 11.2 Å². The number of carbonyl (C=O) groups excluding carboxylic acids is 1. The predicted octanol–water partition coefficient (Wildman–Crippen LogP) is 4.65. The maximum absolute atomic E-state index is 12.8. The number of esters is 1.